The van der Waals surface area contributed by atoms with Crippen LogP contribution in [0, 0.1) is 0 Å². The summed E-state index contributed by atoms with van der Waals surface area (Å²) in [6.45, 7) is 0. The Labute approximate surface area is 280 Å². The molecule has 0 saturated heterocycles. The van der Waals surface area contributed by atoms with Gasteiger partial charge in [0.25, 0.3) is 0 Å². The minimum Gasteiger partial charge on any atom is -0.313 e. The molecule has 0 bridgehead atoms. The van der Waals surface area contributed by atoms with E-state index >= 15 is 0 Å². The molecule has 0 radical (unpaired) electrons. The maximum Gasteiger partial charge on any atom is 0.245 e. The van der Waals surface area contributed by atoms with Crippen LogP contribution in [0.1, 0.15) is 17.9 Å². The molecule has 0 saturated carbocycles. The monoisotopic (exact) mass is 629 g/mol. The van der Waals surface area contributed by atoms with Crippen molar-refractivity contribution in [2.45, 2.75) is 12.3 Å². The van der Waals surface area contributed by atoms with Crippen LogP contribution in [0.2, 0.25) is 0 Å². The van der Waals surface area contributed by atoms with E-state index in [1.807, 2.05) is 0 Å². The van der Waals surface area contributed by atoms with Crippen molar-refractivity contribution in [3.05, 3.63) is 163 Å². The molecule has 0 spiro atoms. The first-order valence-corrected chi connectivity index (χ1v) is 17.2. The molecule has 10 aromatic rings. The lowest BCUT2D eigenvalue weighted by Crippen LogP contribution is -2.96. The molecule has 2 atom stereocenters. The van der Waals surface area contributed by atoms with Crippen molar-refractivity contribution < 1.29 is 10.6 Å². The Morgan fingerprint density at radius 1 is 0.531 bits per heavy atom. The Morgan fingerprint density at radius 3 is 2.04 bits per heavy atom. The van der Waals surface area contributed by atoms with Gasteiger partial charge in [-0.1, -0.05) is 115 Å². The summed E-state index contributed by atoms with van der Waals surface area (Å²) in [5.74, 6) is 0. The van der Waals surface area contributed by atoms with Gasteiger partial charge in [0.15, 0.2) is 11.7 Å². The fourth-order valence-electron chi connectivity index (χ4n) is 9.33. The van der Waals surface area contributed by atoms with Crippen molar-refractivity contribution in [2.24, 2.45) is 0 Å². The fourth-order valence-corrected chi connectivity index (χ4v) is 9.33. The molecule has 3 aromatic heterocycles. The summed E-state index contributed by atoms with van der Waals surface area (Å²) in [4.78, 5) is 0. The van der Waals surface area contributed by atoms with Crippen molar-refractivity contribution >= 4 is 81.4 Å². The van der Waals surface area contributed by atoms with Gasteiger partial charge in [0, 0.05) is 44.0 Å². The second-order valence-corrected chi connectivity index (χ2v) is 13.7. The zero-order valence-corrected chi connectivity index (χ0v) is 26.6. The number of para-hydroxylation sites is 2. The van der Waals surface area contributed by atoms with E-state index in [4.69, 9.17) is 0 Å². The lowest BCUT2D eigenvalue weighted by atomic mass is 9.97. The van der Waals surface area contributed by atoms with Gasteiger partial charge in [-0.25, -0.2) is 0 Å². The van der Waals surface area contributed by atoms with Gasteiger partial charge in [0.05, 0.1) is 33.8 Å². The normalized spacial score (nSPS) is 18.0. The number of quaternary nitrogens is 2. The SMILES string of the molecule is C1=CC2=C([NH2+]1)C(c1ccccc1)[NH2+]C(n1c3ccccc3c3c4ccccc4c4c5cccc6c7cc8ccccc8cc7n(c65)c4c31)N2. The third kappa shape index (κ3) is 3.26. The zero-order valence-electron chi connectivity index (χ0n) is 26.6. The average molecular weight is 630 g/mol. The number of benzene rings is 7. The zero-order chi connectivity index (χ0) is 31.8. The van der Waals surface area contributed by atoms with Crippen molar-refractivity contribution in [1.82, 2.24) is 14.3 Å². The van der Waals surface area contributed by atoms with Crippen molar-refractivity contribution in [3.63, 3.8) is 0 Å². The number of nitrogens with two attached hydrogens (primary N) is 2. The van der Waals surface area contributed by atoms with Gasteiger partial charge in [0.1, 0.15) is 5.70 Å². The first kappa shape index (κ1) is 25.9. The molecule has 5 nitrogen and oxygen atoms in total. The highest BCUT2D eigenvalue weighted by Crippen LogP contribution is 2.48. The van der Waals surface area contributed by atoms with Crippen LogP contribution in [0.15, 0.2) is 157 Å². The van der Waals surface area contributed by atoms with E-state index in [9.17, 15) is 0 Å². The first-order valence-electron chi connectivity index (χ1n) is 17.2. The molecular formula is C44H31N5+2. The summed E-state index contributed by atoms with van der Waals surface area (Å²) in [7, 11) is 0. The van der Waals surface area contributed by atoms with Crippen molar-refractivity contribution in [1.29, 1.82) is 0 Å². The summed E-state index contributed by atoms with van der Waals surface area (Å²) in [5, 5.41) is 21.8. The Morgan fingerprint density at radius 2 is 1.20 bits per heavy atom. The van der Waals surface area contributed by atoms with Crippen LogP contribution in [0.25, 0.3) is 81.4 Å². The van der Waals surface area contributed by atoms with E-state index in [1.54, 1.807) is 0 Å². The molecule has 5 heterocycles. The predicted octanol–water partition coefficient (Wildman–Crippen LogP) is 7.92. The molecule has 0 amide bonds. The third-order valence-corrected chi connectivity index (χ3v) is 11.3. The largest absolute Gasteiger partial charge is 0.313 e. The van der Waals surface area contributed by atoms with E-state index in [0.717, 1.165) is 0 Å². The average Bonchev–Trinajstić information content (AvgIpc) is 3.93. The summed E-state index contributed by atoms with van der Waals surface area (Å²) < 4.78 is 5.20. The molecule has 12 rings (SSSR count). The minimum absolute atomic E-state index is 0.0744. The molecule has 5 N–H and O–H groups in total. The number of aromatic nitrogens is 2. The van der Waals surface area contributed by atoms with Crippen LogP contribution in [0.4, 0.5) is 0 Å². The van der Waals surface area contributed by atoms with Crippen LogP contribution in [-0.2, 0) is 0 Å². The number of allylic oxidation sites excluding steroid dienone is 1. The van der Waals surface area contributed by atoms with Gasteiger partial charge in [-0.2, -0.15) is 0 Å². The van der Waals surface area contributed by atoms with E-state index in [-0.39, 0.29) is 12.3 Å². The van der Waals surface area contributed by atoms with Gasteiger partial charge < -0.3 is 9.72 Å². The molecule has 7 aromatic carbocycles. The molecule has 230 valence electrons. The maximum atomic E-state index is 4.00. The quantitative estimate of drug-likeness (QED) is 0.179. The highest BCUT2D eigenvalue weighted by Gasteiger charge is 2.39. The molecular weight excluding hydrogens is 599 g/mol. The molecule has 2 unspecified atom stereocenters. The Balaban J connectivity index is 1.30. The van der Waals surface area contributed by atoms with Crippen LogP contribution in [-0.4, -0.2) is 8.97 Å². The van der Waals surface area contributed by atoms with E-state index in [0.29, 0.717) is 0 Å². The highest BCUT2D eigenvalue weighted by atomic mass is 15.4. The predicted molar refractivity (Wildman–Crippen MR) is 200 cm³/mol. The summed E-state index contributed by atoms with van der Waals surface area (Å²) in [6, 6.07) is 49.6. The number of nitrogens with one attached hydrogen (secondary N) is 1. The number of hydrogen-bond acceptors (Lipinski definition) is 1. The molecule has 0 aliphatic carbocycles. The van der Waals surface area contributed by atoms with Crippen LogP contribution in [0.5, 0.6) is 0 Å². The Kier molecular flexibility index (Phi) is 4.89. The molecule has 49 heavy (non-hydrogen) atoms. The topological polar surface area (TPSA) is 54.6 Å². The third-order valence-electron chi connectivity index (χ3n) is 11.3. The standard InChI is InChI=1S/C44H29N5/c1-2-11-25(12-3-1)39-40-34(21-22-45-40)46-44(47-39)49-35-20-9-8-17-31(35)37-28-15-6-7-16-29(28)38-32-19-10-18-30-33-23-26-13-4-5-14-27(26)24-36(33)48(41(30)32)42(38)43(37)49/h1-24,39,44-47H/p+2. The summed E-state index contributed by atoms with van der Waals surface area (Å²) in [5.41, 5.74) is 10.2. The molecule has 2 aliphatic heterocycles. The fraction of sp³-hybridized carbons (Fsp3) is 0.0455. The Hall–Kier alpha value is -6.14. The molecule has 5 heteroatoms. The van der Waals surface area contributed by atoms with Gasteiger partial charge in [-0.15, -0.1) is 0 Å². The van der Waals surface area contributed by atoms with Gasteiger partial charge >= 0.3 is 0 Å². The number of rotatable bonds is 2. The van der Waals surface area contributed by atoms with Gasteiger partial charge in [0.2, 0.25) is 6.29 Å². The van der Waals surface area contributed by atoms with Crippen LogP contribution >= 0.6 is 0 Å². The highest BCUT2D eigenvalue weighted by molar-refractivity contribution is 6.38. The summed E-state index contributed by atoms with van der Waals surface area (Å²) >= 11 is 0. The van der Waals surface area contributed by atoms with Crippen LogP contribution in [0.3, 0.4) is 0 Å². The minimum atomic E-state index is -0.0744. The maximum absolute atomic E-state index is 4.00. The van der Waals surface area contributed by atoms with E-state index < -0.39 is 0 Å². The van der Waals surface area contributed by atoms with Gasteiger partial charge in [-0.05, 0) is 39.7 Å². The van der Waals surface area contributed by atoms with E-state index in [2.05, 4.69) is 171 Å². The second kappa shape index (κ2) is 9.26. The lowest BCUT2D eigenvalue weighted by molar-refractivity contribution is -0.767. The number of fused-ring (bicyclic) bond motifs is 14. The Bertz CT molecular complexity index is 3090. The molecule has 0 fully saturated rings. The first-order chi connectivity index (χ1) is 24.3. The smallest absolute Gasteiger partial charge is 0.245 e. The van der Waals surface area contributed by atoms with Crippen molar-refractivity contribution in [3.8, 4) is 0 Å². The second-order valence-electron chi connectivity index (χ2n) is 13.7. The summed E-state index contributed by atoms with van der Waals surface area (Å²) in [6.07, 6.45) is 4.35. The lowest BCUT2D eigenvalue weighted by Gasteiger charge is -2.30. The van der Waals surface area contributed by atoms with Crippen LogP contribution < -0.4 is 16.0 Å². The van der Waals surface area contributed by atoms with Gasteiger partial charge in [-0.3, -0.25) is 15.2 Å². The van der Waals surface area contributed by atoms with Crippen molar-refractivity contribution in [2.75, 3.05) is 0 Å². The number of nitrogens with zero attached hydrogens (tertiary/aromatic N) is 2. The van der Waals surface area contributed by atoms with E-state index in [1.165, 1.54) is 98.4 Å². The number of hydrogen-bond donors (Lipinski definition) is 3. The molecule has 2 aliphatic rings.